The molecule has 3 nitrogen and oxygen atoms in total. The predicted octanol–water partition coefficient (Wildman–Crippen LogP) is 3.99. The Labute approximate surface area is 121 Å². The highest BCUT2D eigenvalue weighted by Gasteiger charge is 2.06. The fraction of sp³-hybridized carbons (Fsp3) is 0.0588. The molecular formula is C17H13FN2O. The summed E-state index contributed by atoms with van der Waals surface area (Å²) < 4.78 is 18.9. The second-order valence-corrected chi connectivity index (χ2v) is 4.52. The van der Waals surface area contributed by atoms with Gasteiger partial charge in [0.15, 0.2) is 5.82 Å². The van der Waals surface area contributed by atoms with Crippen molar-refractivity contribution in [3.05, 3.63) is 72.3 Å². The standard InChI is InChI=1S/C17H13FN2O/c1-2-16-15(18)10-19-17(20-16)21-11-13-8-5-7-12-6-3-4-9-14(12)13/h2-10H,1,11H2. The molecule has 1 aromatic heterocycles. The van der Waals surface area contributed by atoms with E-state index >= 15 is 0 Å². The van der Waals surface area contributed by atoms with Gasteiger partial charge in [-0.15, -0.1) is 0 Å². The SMILES string of the molecule is C=Cc1nc(OCc2cccc3ccccc23)ncc1F. The molecule has 0 spiro atoms. The van der Waals surface area contributed by atoms with Gasteiger partial charge in [-0.1, -0.05) is 49.0 Å². The molecule has 21 heavy (non-hydrogen) atoms. The molecule has 0 aliphatic heterocycles. The van der Waals surface area contributed by atoms with E-state index in [0.29, 0.717) is 6.61 Å². The predicted molar refractivity (Wildman–Crippen MR) is 80.4 cm³/mol. The Morgan fingerprint density at radius 1 is 1.14 bits per heavy atom. The third-order valence-corrected chi connectivity index (χ3v) is 3.18. The molecule has 0 radical (unpaired) electrons. The van der Waals surface area contributed by atoms with Gasteiger partial charge in [-0.3, -0.25) is 0 Å². The molecule has 0 amide bonds. The topological polar surface area (TPSA) is 35.0 Å². The Kier molecular flexibility index (Phi) is 3.60. The summed E-state index contributed by atoms with van der Waals surface area (Å²) in [4.78, 5) is 7.79. The van der Waals surface area contributed by atoms with Crippen molar-refractivity contribution < 1.29 is 9.13 Å². The van der Waals surface area contributed by atoms with Crippen molar-refractivity contribution in [3.8, 4) is 6.01 Å². The van der Waals surface area contributed by atoms with Crippen LogP contribution in [-0.2, 0) is 6.61 Å². The van der Waals surface area contributed by atoms with E-state index in [1.165, 1.54) is 6.08 Å². The lowest BCUT2D eigenvalue weighted by Gasteiger charge is -2.08. The number of rotatable bonds is 4. The van der Waals surface area contributed by atoms with Crippen LogP contribution >= 0.6 is 0 Å². The van der Waals surface area contributed by atoms with E-state index in [0.717, 1.165) is 22.5 Å². The number of hydrogen-bond acceptors (Lipinski definition) is 3. The smallest absolute Gasteiger partial charge is 0.317 e. The third-order valence-electron chi connectivity index (χ3n) is 3.18. The quantitative estimate of drug-likeness (QED) is 0.724. The molecule has 0 atom stereocenters. The Bertz CT molecular complexity index is 796. The first-order valence-electron chi connectivity index (χ1n) is 6.52. The summed E-state index contributed by atoms with van der Waals surface area (Å²) in [6, 6.07) is 14.2. The van der Waals surface area contributed by atoms with Crippen LogP contribution in [0.2, 0.25) is 0 Å². The van der Waals surface area contributed by atoms with Gasteiger partial charge in [0.05, 0.1) is 6.20 Å². The second-order valence-electron chi connectivity index (χ2n) is 4.52. The largest absolute Gasteiger partial charge is 0.459 e. The highest BCUT2D eigenvalue weighted by Crippen LogP contribution is 2.20. The maximum Gasteiger partial charge on any atom is 0.317 e. The Morgan fingerprint density at radius 2 is 1.95 bits per heavy atom. The number of aromatic nitrogens is 2. The van der Waals surface area contributed by atoms with E-state index in [9.17, 15) is 4.39 Å². The zero-order valence-corrected chi connectivity index (χ0v) is 11.3. The van der Waals surface area contributed by atoms with Crippen LogP contribution in [-0.4, -0.2) is 9.97 Å². The maximum atomic E-state index is 13.3. The fourth-order valence-electron chi connectivity index (χ4n) is 2.14. The lowest BCUT2D eigenvalue weighted by atomic mass is 10.1. The first-order valence-corrected chi connectivity index (χ1v) is 6.52. The van der Waals surface area contributed by atoms with Crippen LogP contribution in [0.4, 0.5) is 4.39 Å². The average Bonchev–Trinajstić information content (AvgIpc) is 2.54. The van der Waals surface area contributed by atoms with Crippen LogP contribution in [0.3, 0.4) is 0 Å². The van der Waals surface area contributed by atoms with Crippen molar-refractivity contribution in [1.29, 1.82) is 0 Å². The van der Waals surface area contributed by atoms with Crippen LogP contribution in [0, 0.1) is 5.82 Å². The number of benzene rings is 2. The minimum Gasteiger partial charge on any atom is -0.459 e. The Balaban J connectivity index is 1.85. The molecule has 0 fully saturated rings. The van der Waals surface area contributed by atoms with E-state index in [-0.39, 0.29) is 11.7 Å². The van der Waals surface area contributed by atoms with Crippen LogP contribution in [0.1, 0.15) is 11.3 Å². The number of halogens is 1. The maximum absolute atomic E-state index is 13.3. The monoisotopic (exact) mass is 280 g/mol. The highest BCUT2D eigenvalue weighted by atomic mass is 19.1. The summed E-state index contributed by atoms with van der Waals surface area (Å²) in [5.74, 6) is -0.512. The molecule has 0 aliphatic carbocycles. The number of nitrogens with zero attached hydrogens (tertiary/aromatic N) is 2. The first-order chi connectivity index (χ1) is 10.3. The van der Waals surface area contributed by atoms with Gasteiger partial charge in [-0.2, -0.15) is 4.98 Å². The average molecular weight is 280 g/mol. The van der Waals surface area contributed by atoms with E-state index in [4.69, 9.17) is 4.74 Å². The summed E-state index contributed by atoms with van der Waals surface area (Å²) in [6.45, 7) is 3.83. The summed E-state index contributed by atoms with van der Waals surface area (Å²) in [6.07, 6.45) is 2.42. The molecule has 1 heterocycles. The van der Waals surface area contributed by atoms with Gasteiger partial charge in [-0.25, -0.2) is 9.37 Å². The molecule has 3 rings (SSSR count). The van der Waals surface area contributed by atoms with Crippen molar-refractivity contribution in [2.75, 3.05) is 0 Å². The summed E-state index contributed by atoms with van der Waals surface area (Å²) in [7, 11) is 0. The van der Waals surface area contributed by atoms with Gasteiger partial charge in [0, 0.05) is 0 Å². The van der Waals surface area contributed by atoms with Gasteiger partial charge in [0.1, 0.15) is 12.3 Å². The van der Waals surface area contributed by atoms with Crippen LogP contribution in [0.15, 0.2) is 55.2 Å². The number of ether oxygens (including phenoxy) is 1. The normalized spacial score (nSPS) is 10.5. The molecule has 0 N–H and O–H groups in total. The first kappa shape index (κ1) is 13.2. The van der Waals surface area contributed by atoms with Crippen molar-refractivity contribution in [2.24, 2.45) is 0 Å². The summed E-state index contributed by atoms with van der Waals surface area (Å²) in [5.41, 5.74) is 1.17. The molecule has 0 saturated carbocycles. The molecule has 0 saturated heterocycles. The lowest BCUT2D eigenvalue weighted by molar-refractivity contribution is 0.280. The molecular weight excluding hydrogens is 267 g/mol. The molecule has 104 valence electrons. The number of hydrogen-bond donors (Lipinski definition) is 0. The van der Waals surface area contributed by atoms with Crippen LogP contribution in [0.5, 0.6) is 6.01 Å². The van der Waals surface area contributed by atoms with Crippen LogP contribution in [0.25, 0.3) is 16.8 Å². The zero-order valence-electron chi connectivity index (χ0n) is 11.3. The highest BCUT2D eigenvalue weighted by molar-refractivity contribution is 5.85. The van der Waals surface area contributed by atoms with Crippen LogP contribution < -0.4 is 4.74 Å². The Hall–Kier alpha value is -2.75. The van der Waals surface area contributed by atoms with E-state index in [1.54, 1.807) is 0 Å². The Morgan fingerprint density at radius 3 is 2.81 bits per heavy atom. The van der Waals surface area contributed by atoms with E-state index in [1.807, 2.05) is 42.5 Å². The zero-order chi connectivity index (χ0) is 14.7. The summed E-state index contributed by atoms with van der Waals surface area (Å²) in [5, 5.41) is 2.26. The van der Waals surface area contributed by atoms with Gasteiger partial charge >= 0.3 is 6.01 Å². The summed E-state index contributed by atoms with van der Waals surface area (Å²) >= 11 is 0. The molecule has 2 aromatic carbocycles. The second kappa shape index (κ2) is 5.71. The van der Waals surface area contributed by atoms with Crippen molar-refractivity contribution in [3.63, 3.8) is 0 Å². The molecule has 0 bridgehead atoms. The van der Waals surface area contributed by atoms with Gasteiger partial charge in [0.2, 0.25) is 0 Å². The van der Waals surface area contributed by atoms with Gasteiger partial charge in [-0.05, 0) is 22.4 Å². The van der Waals surface area contributed by atoms with Gasteiger partial charge in [0.25, 0.3) is 0 Å². The molecule has 0 unspecified atom stereocenters. The van der Waals surface area contributed by atoms with Crippen molar-refractivity contribution in [1.82, 2.24) is 9.97 Å². The molecule has 3 aromatic rings. The van der Waals surface area contributed by atoms with E-state index in [2.05, 4.69) is 16.5 Å². The van der Waals surface area contributed by atoms with Crippen molar-refractivity contribution >= 4 is 16.8 Å². The molecule has 4 heteroatoms. The van der Waals surface area contributed by atoms with Gasteiger partial charge < -0.3 is 4.74 Å². The number of fused-ring (bicyclic) bond motifs is 1. The third kappa shape index (κ3) is 2.74. The minimum atomic E-state index is -0.512. The molecule has 0 aliphatic rings. The fourth-order valence-corrected chi connectivity index (χ4v) is 2.14. The lowest BCUT2D eigenvalue weighted by Crippen LogP contribution is -2.02. The van der Waals surface area contributed by atoms with Crippen molar-refractivity contribution in [2.45, 2.75) is 6.61 Å². The minimum absolute atomic E-state index is 0.137. The van der Waals surface area contributed by atoms with E-state index < -0.39 is 5.82 Å².